The van der Waals surface area contributed by atoms with E-state index in [-0.39, 0.29) is 12.5 Å². The first-order valence-corrected chi connectivity index (χ1v) is 4.69. The van der Waals surface area contributed by atoms with Gasteiger partial charge in [0.1, 0.15) is 18.5 Å². The van der Waals surface area contributed by atoms with Gasteiger partial charge in [-0.1, -0.05) is 17.7 Å². The molecular formula is C10H13ClO2. The fourth-order valence-electron chi connectivity index (χ4n) is 0.871. The van der Waals surface area contributed by atoms with Crippen LogP contribution in [0.3, 0.4) is 0 Å². The Labute approximate surface area is 83.1 Å². The maximum Gasteiger partial charge on any atom is 0.119 e. The minimum Gasteiger partial charge on any atom is -0.491 e. The van der Waals surface area contributed by atoms with Crippen molar-refractivity contribution in [2.24, 2.45) is 0 Å². The molecule has 0 heterocycles. The summed E-state index contributed by atoms with van der Waals surface area (Å²) in [6.45, 7) is 2.25. The Morgan fingerprint density at radius 1 is 1.38 bits per heavy atom. The monoisotopic (exact) mass is 200 g/mol. The molecule has 0 bridgehead atoms. The number of ether oxygens (including phenoxy) is 1. The largest absolute Gasteiger partial charge is 0.491 e. The van der Waals surface area contributed by atoms with Gasteiger partial charge in [-0.3, -0.25) is 0 Å². The van der Waals surface area contributed by atoms with Gasteiger partial charge in [0.25, 0.3) is 0 Å². The zero-order valence-corrected chi connectivity index (χ0v) is 8.29. The molecule has 1 N–H and O–H groups in total. The number of rotatable bonds is 4. The average molecular weight is 201 g/mol. The smallest absolute Gasteiger partial charge is 0.119 e. The number of hydrogen-bond donors (Lipinski definition) is 1. The van der Waals surface area contributed by atoms with Crippen molar-refractivity contribution in [2.45, 2.75) is 13.0 Å². The molecule has 0 aliphatic rings. The van der Waals surface area contributed by atoms with Gasteiger partial charge in [0, 0.05) is 0 Å². The summed E-state index contributed by atoms with van der Waals surface area (Å²) in [5.74, 6) is 0.959. The van der Waals surface area contributed by atoms with Crippen LogP contribution in [-0.2, 0) is 0 Å². The van der Waals surface area contributed by atoms with E-state index in [2.05, 4.69) is 0 Å². The van der Waals surface area contributed by atoms with Crippen LogP contribution < -0.4 is 4.74 Å². The van der Waals surface area contributed by atoms with Crippen molar-refractivity contribution in [1.82, 2.24) is 0 Å². The molecule has 0 aliphatic carbocycles. The number of benzene rings is 1. The van der Waals surface area contributed by atoms with E-state index in [1.54, 1.807) is 0 Å². The Bertz CT molecular complexity index is 246. The molecule has 1 aromatic carbocycles. The van der Waals surface area contributed by atoms with E-state index in [0.29, 0.717) is 0 Å². The molecule has 0 unspecified atom stereocenters. The highest BCUT2D eigenvalue weighted by Crippen LogP contribution is 2.11. The number of hydrogen-bond acceptors (Lipinski definition) is 2. The summed E-state index contributed by atoms with van der Waals surface area (Å²) in [6, 6.07) is 7.66. The molecule has 0 saturated heterocycles. The van der Waals surface area contributed by atoms with Crippen molar-refractivity contribution in [1.29, 1.82) is 0 Å². The highest BCUT2D eigenvalue weighted by Gasteiger charge is 2.02. The van der Waals surface area contributed by atoms with Gasteiger partial charge >= 0.3 is 0 Å². The summed E-state index contributed by atoms with van der Waals surface area (Å²) in [7, 11) is 0. The third kappa shape index (κ3) is 3.66. The Kier molecular flexibility index (Phi) is 4.06. The second kappa shape index (κ2) is 5.10. The molecule has 0 spiro atoms. The molecule has 0 saturated carbocycles. The van der Waals surface area contributed by atoms with Crippen molar-refractivity contribution in [3.8, 4) is 5.75 Å². The third-order valence-electron chi connectivity index (χ3n) is 1.64. The van der Waals surface area contributed by atoms with Crippen LogP contribution >= 0.6 is 11.6 Å². The van der Waals surface area contributed by atoms with Crippen molar-refractivity contribution in [3.63, 3.8) is 0 Å². The molecule has 1 atom stereocenters. The third-order valence-corrected chi connectivity index (χ3v) is 2.00. The molecule has 13 heavy (non-hydrogen) atoms. The predicted molar refractivity (Wildman–Crippen MR) is 53.4 cm³/mol. The quantitative estimate of drug-likeness (QED) is 0.754. The van der Waals surface area contributed by atoms with Crippen molar-refractivity contribution >= 4 is 11.6 Å². The summed E-state index contributed by atoms with van der Waals surface area (Å²) in [6.07, 6.45) is -0.594. The maximum atomic E-state index is 9.12. The van der Waals surface area contributed by atoms with E-state index in [1.807, 2.05) is 31.2 Å². The zero-order valence-electron chi connectivity index (χ0n) is 7.53. The van der Waals surface area contributed by atoms with Crippen LogP contribution in [0.25, 0.3) is 0 Å². The first kappa shape index (κ1) is 10.4. The number of alkyl halides is 1. The Balaban J connectivity index is 2.41. The molecule has 3 heteroatoms. The van der Waals surface area contributed by atoms with Gasteiger partial charge in [0.15, 0.2) is 0 Å². The SMILES string of the molecule is Cc1ccc(OC[C@H](O)CCl)cc1. The molecule has 1 rings (SSSR count). The molecule has 0 fully saturated rings. The molecule has 0 radical (unpaired) electrons. The summed E-state index contributed by atoms with van der Waals surface area (Å²) >= 11 is 5.41. The fourth-order valence-corrected chi connectivity index (χ4v) is 0.961. The van der Waals surface area contributed by atoms with Crippen molar-refractivity contribution in [3.05, 3.63) is 29.8 Å². The van der Waals surface area contributed by atoms with E-state index in [0.717, 1.165) is 5.75 Å². The van der Waals surface area contributed by atoms with Crippen molar-refractivity contribution in [2.75, 3.05) is 12.5 Å². The first-order valence-electron chi connectivity index (χ1n) is 4.16. The maximum absolute atomic E-state index is 9.12. The van der Waals surface area contributed by atoms with Gasteiger partial charge in [-0.25, -0.2) is 0 Å². The molecule has 72 valence electrons. The minimum absolute atomic E-state index is 0.200. The lowest BCUT2D eigenvalue weighted by molar-refractivity contribution is 0.125. The zero-order chi connectivity index (χ0) is 9.68. The van der Waals surface area contributed by atoms with Crippen LogP contribution in [0.4, 0.5) is 0 Å². The van der Waals surface area contributed by atoms with Gasteiger partial charge in [-0.2, -0.15) is 0 Å². The highest BCUT2D eigenvalue weighted by atomic mass is 35.5. The normalized spacial score (nSPS) is 12.5. The second-order valence-corrected chi connectivity index (χ2v) is 3.24. The predicted octanol–water partition coefficient (Wildman–Crippen LogP) is 1.97. The van der Waals surface area contributed by atoms with Crippen LogP contribution in [0, 0.1) is 6.92 Å². The number of aliphatic hydroxyl groups is 1. The summed E-state index contributed by atoms with van der Waals surface area (Å²) < 4.78 is 5.28. The fraction of sp³-hybridized carbons (Fsp3) is 0.400. The van der Waals surface area contributed by atoms with Crippen LogP contribution in [0.15, 0.2) is 24.3 Å². The Morgan fingerprint density at radius 3 is 2.54 bits per heavy atom. The molecule has 0 aromatic heterocycles. The van der Waals surface area contributed by atoms with Crippen LogP contribution in [-0.4, -0.2) is 23.7 Å². The summed E-state index contributed by atoms with van der Waals surface area (Å²) in [5.41, 5.74) is 1.19. The number of halogens is 1. The second-order valence-electron chi connectivity index (χ2n) is 2.93. The Morgan fingerprint density at radius 2 is 2.00 bits per heavy atom. The van der Waals surface area contributed by atoms with E-state index in [1.165, 1.54) is 5.56 Å². The lowest BCUT2D eigenvalue weighted by Crippen LogP contribution is -2.18. The van der Waals surface area contributed by atoms with Crippen LogP contribution in [0.5, 0.6) is 5.75 Å². The molecular weight excluding hydrogens is 188 g/mol. The first-order chi connectivity index (χ1) is 6.22. The van der Waals surface area contributed by atoms with E-state index >= 15 is 0 Å². The molecule has 2 nitrogen and oxygen atoms in total. The van der Waals surface area contributed by atoms with Crippen molar-refractivity contribution < 1.29 is 9.84 Å². The van der Waals surface area contributed by atoms with E-state index < -0.39 is 6.10 Å². The number of aliphatic hydroxyl groups excluding tert-OH is 1. The standard InChI is InChI=1S/C10H13ClO2/c1-8-2-4-10(5-3-8)13-7-9(12)6-11/h2-5,9,12H,6-7H2,1H3/t9-/m1/s1. The van der Waals surface area contributed by atoms with E-state index in [4.69, 9.17) is 21.4 Å². The molecule has 0 amide bonds. The lowest BCUT2D eigenvalue weighted by Gasteiger charge is -2.09. The average Bonchev–Trinajstić information content (AvgIpc) is 2.16. The topological polar surface area (TPSA) is 29.5 Å². The minimum atomic E-state index is -0.594. The van der Waals surface area contributed by atoms with Crippen LogP contribution in [0.2, 0.25) is 0 Å². The lowest BCUT2D eigenvalue weighted by atomic mass is 10.2. The summed E-state index contributed by atoms with van der Waals surface area (Å²) in [4.78, 5) is 0. The highest BCUT2D eigenvalue weighted by molar-refractivity contribution is 6.18. The van der Waals surface area contributed by atoms with Gasteiger partial charge < -0.3 is 9.84 Å². The summed E-state index contributed by atoms with van der Waals surface area (Å²) in [5, 5.41) is 9.12. The van der Waals surface area contributed by atoms with Gasteiger partial charge in [-0.15, -0.1) is 11.6 Å². The van der Waals surface area contributed by atoms with Gasteiger partial charge in [-0.05, 0) is 19.1 Å². The molecule has 0 aliphatic heterocycles. The number of aryl methyl sites for hydroxylation is 1. The Hall–Kier alpha value is -0.730. The van der Waals surface area contributed by atoms with Crippen LogP contribution in [0.1, 0.15) is 5.56 Å². The van der Waals surface area contributed by atoms with Gasteiger partial charge in [0.2, 0.25) is 0 Å². The molecule has 1 aromatic rings. The van der Waals surface area contributed by atoms with E-state index in [9.17, 15) is 0 Å². The van der Waals surface area contributed by atoms with Gasteiger partial charge in [0.05, 0.1) is 5.88 Å².